The highest BCUT2D eigenvalue weighted by Crippen LogP contribution is 2.22. The van der Waals surface area contributed by atoms with Crippen molar-refractivity contribution in [2.24, 2.45) is 5.92 Å². The second kappa shape index (κ2) is 10.5. The number of methoxy groups -OCH3 is 1. The Morgan fingerprint density at radius 3 is 2.29 bits per heavy atom. The smallest absolute Gasteiger partial charge is 0.338 e. The number of nitrogens with zero attached hydrogens (tertiary/aromatic N) is 2. The van der Waals surface area contributed by atoms with Crippen LogP contribution < -0.4 is 0 Å². The molecule has 0 amide bonds. The molecule has 4 nitrogen and oxygen atoms in total. The van der Waals surface area contributed by atoms with Gasteiger partial charge in [-0.3, -0.25) is 4.90 Å². The van der Waals surface area contributed by atoms with Gasteiger partial charge in [-0.2, -0.15) is 0 Å². The summed E-state index contributed by atoms with van der Waals surface area (Å²) in [5, 5.41) is 0. The van der Waals surface area contributed by atoms with Crippen LogP contribution in [0.4, 0.5) is 0 Å². The minimum absolute atomic E-state index is 0.282. The first-order chi connectivity index (χ1) is 14.9. The molecule has 0 saturated carbocycles. The number of ether oxygens (including phenoxy) is 1. The molecule has 1 atom stereocenters. The maximum Gasteiger partial charge on any atom is 0.338 e. The third kappa shape index (κ3) is 5.65. The zero-order chi connectivity index (χ0) is 22.4. The van der Waals surface area contributed by atoms with Crippen molar-refractivity contribution in [1.82, 2.24) is 9.47 Å². The molecular weight excluding hydrogens is 384 g/mol. The van der Waals surface area contributed by atoms with Gasteiger partial charge in [0, 0.05) is 37.6 Å². The summed E-state index contributed by atoms with van der Waals surface area (Å²) in [7, 11) is 1.44. The topological polar surface area (TPSA) is 34.5 Å². The van der Waals surface area contributed by atoms with E-state index in [9.17, 15) is 4.79 Å². The summed E-state index contributed by atoms with van der Waals surface area (Å²) >= 11 is 0. The van der Waals surface area contributed by atoms with Crippen LogP contribution in [0, 0.1) is 12.8 Å². The number of aryl methyl sites for hydroxylation is 1. The molecule has 2 aromatic carbocycles. The Labute approximate surface area is 186 Å². The van der Waals surface area contributed by atoms with E-state index in [-0.39, 0.29) is 5.97 Å². The first-order valence-electron chi connectivity index (χ1n) is 11.0. The first-order valence-corrected chi connectivity index (χ1v) is 11.0. The predicted octanol–water partition coefficient (Wildman–Crippen LogP) is 5.68. The molecule has 31 heavy (non-hydrogen) atoms. The molecule has 0 aliphatic rings. The van der Waals surface area contributed by atoms with Gasteiger partial charge in [0.05, 0.1) is 12.7 Å². The Morgan fingerprint density at radius 2 is 1.61 bits per heavy atom. The monoisotopic (exact) mass is 418 g/mol. The number of rotatable bonds is 9. The normalized spacial score (nSPS) is 12.4. The molecule has 0 fully saturated rings. The van der Waals surface area contributed by atoms with Gasteiger partial charge in [0.2, 0.25) is 0 Å². The lowest BCUT2D eigenvalue weighted by atomic mass is 10.0. The second-order valence-corrected chi connectivity index (χ2v) is 8.59. The summed E-state index contributed by atoms with van der Waals surface area (Å²) in [4.78, 5) is 14.7. The van der Waals surface area contributed by atoms with Crippen LogP contribution >= 0.6 is 0 Å². The third-order valence-corrected chi connectivity index (χ3v) is 6.23. The van der Waals surface area contributed by atoms with Gasteiger partial charge in [-0.15, -0.1) is 0 Å². The van der Waals surface area contributed by atoms with Crippen molar-refractivity contribution in [2.45, 2.75) is 53.4 Å². The minimum Gasteiger partial charge on any atom is -0.465 e. The van der Waals surface area contributed by atoms with E-state index < -0.39 is 0 Å². The van der Waals surface area contributed by atoms with Crippen LogP contribution in [0.3, 0.4) is 0 Å². The lowest BCUT2D eigenvalue weighted by Gasteiger charge is -2.32. The maximum absolute atomic E-state index is 12.3. The fourth-order valence-electron chi connectivity index (χ4n) is 3.88. The fourth-order valence-corrected chi connectivity index (χ4v) is 3.88. The van der Waals surface area contributed by atoms with Crippen LogP contribution in [-0.2, 0) is 24.4 Å². The highest BCUT2D eigenvalue weighted by Gasteiger charge is 2.22. The Balaban J connectivity index is 1.87. The maximum atomic E-state index is 12.3. The van der Waals surface area contributed by atoms with Crippen LogP contribution in [0.5, 0.6) is 0 Å². The SMILES string of the molecule is COC(=O)c1ccccc1CN(Cc1cccn1Cc1ccccc1C)[C@H](C)C(C)C. The van der Waals surface area contributed by atoms with Crippen molar-refractivity contribution in [2.75, 3.05) is 7.11 Å². The third-order valence-electron chi connectivity index (χ3n) is 6.23. The van der Waals surface area contributed by atoms with Crippen LogP contribution in [-0.4, -0.2) is 28.6 Å². The molecule has 0 bridgehead atoms. The molecule has 164 valence electrons. The second-order valence-electron chi connectivity index (χ2n) is 8.59. The lowest BCUT2D eigenvalue weighted by Crippen LogP contribution is -2.36. The zero-order valence-electron chi connectivity index (χ0n) is 19.3. The summed E-state index contributed by atoms with van der Waals surface area (Å²) in [5.74, 6) is 0.209. The van der Waals surface area contributed by atoms with E-state index in [2.05, 4.69) is 79.8 Å². The molecule has 0 aliphatic heterocycles. The van der Waals surface area contributed by atoms with Crippen molar-refractivity contribution in [3.05, 3.63) is 94.8 Å². The van der Waals surface area contributed by atoms with Crippen LogP contribution in [0.25, 0.3) is 0 Å². The Morgan fingerprint density at radius 1 is 0.935 bits per heavy atom. The predicted molar refractivity (Wildman–Crippen MR) is 126 cm³/mol. The average molecular weight is 419 g/mol. The van der Waals surface area contributed by atoms with E-state index in [0.29, 0.717) is 24.1 Å². The Hall–Kier alpha value is -2.85. The standard InChI is InChI=1S/C27H34N2O2/c1-20(2)22(4)29(18-24-13-8-9-15-26(24)27(30)31-5)19-25-14-10-16-28(25)17-23-12-7-6-11-21(23)3/h6-16,20,22H,17-19H2,1-5H3/t22-/m1/s1. The van der Waals surface area contributed by atoms with Crippen molar-refractivity contribution < 1.29 is 9.53 Å². The van der Waals surface area contributed by atoms with E-state index in [0.717, 1.165) is 18.7 Å². The molecule has 0 spiro atoms. The summed E-state index contributed by atoms with van der Waals surface area (Å²) in [6.45, 7) is 11.3. The summed E-state index contributed by atoms with van der Waals surface area (Å²) in [5.41, 5.74) is 5.55. The molecule has 0 saturated heterocycles. The van der Waals surface area contributed by atoms with Gasteiger partial charge in [-0.05, 0) is 54.7 Å². The molecule has 0 N–H and O–H groups in total. The van der Waals surface area contributed by atoms with Gasteiger partial charge in [-0.1, -0.05) is 56.3 Å². The highest BCUT2D eigenvalue weighted by molar-refractivity contribution is 5.90. The van der Waals surface area contributed by atoms with Crippen molar-refractivity contribution in [1.29, 1.82) is 0 Å². The van der Waals surface area contributed by atoms with Crippen LogP contribution in [0.15, 0.2) is 66.9 Å². The number of carbonyl (C=O) groups is 1. The zero-order valence-corrected chi connectivity index (χ0v) is 19.3. The molecule has 0 aliphatic carbocycles. The summed E-state index contributed by atoms with van der Waals surface area (Å²) in [6, 6.07) is 21.0. The first kappa shape index (κ1) is 22.8. The van der Waals surface area contributed by atoms with E-state index in [4.69, 9.17) is 4.74 Å². The largest absolute Gasteiger partial charge is 0.465 e. The fraction of sp³-hybridized carbons (Fsp3) is 0.370. The molecule has 0 unspecified atom stereocenters. The van der Waals surface area contributed by atoms with E-state index in [1.807, 2.05) is 24.3 Å². The van der Waals surface area contributed by atoms with E-state index in [1.165, 1.54) is 23.9 Å². The number of esters is 1. The number of hydrogen-bond acceptors (Lipinski definition) is 3. The minimum atomic E-state index is -0.282. The van der Waals surface area contributed by atoms with Gasteiger partial charge < -0.3 is 9.30 Å². The molecule has 3 rings (SSSR count). The number of carbonyl (C=O) groups excluding carboxylic acids is 1. The van der Waals surface area contributed by atoms with Gasteiger partial charge in [0.15, 0.2) is 0 Å². The average Bonchev–Trinajstić information content (AvgIpc) is 3.20. The molecule has 4 heteroatoms. The molecule has 3 aromatic rings. The number of hydrogen-bond donors (Lipinski definition) is 0. The Bertz CT molecular complexity index is 1010. The number of benzene rings is 2. The van der Waals surface area contributed by atoms with Crippen molar-refractivity contribution >= 4 is 5.97 Å². The number of aromatic nitrogens is 1. The van der Waals surface area contributed by atoms with Crippen molar-refractivity contribution in [3.63, 3.8) is 0 Å². The molecule has 1 heterocycles. The van der Waals surface area contributed by atoms with Crippen LogP contribution in [0.1, 0.15) is 53.5 Å². The van der Waals surface area contributed by atoms with E-state index >= 15 is 0 Å². The lowest BCUT2D eigenvalue weighted by molar-refractivity contribution is 0.0596. The molecule has 0 radical (unpaired) electrons. The van der Waals surface area contributed by atoms with Gasteiger partial charge in [0.1, 0.15) is 0 Å². The van der Waals surface area contributed by atoms with Gasteiger partial charge in [0.25, 0.3) is 0 Å². The highest BCUT2D eigenvalue weighted by atomic mass is 16.5. The van der Waals surface area contributed by atoms with Crippen LogP contribution in [0.2, 0.25) is 0 Å². The molecular formula is C27H34N2O2. The van der Waals surface area contributed by atoms with Gasteiger partial charge in [-0.25, -0.2) is 4.79 Å². The quantitative estimate of drug-likeness (QED) is 0.419. The summed E-state index contributed by atoms with van der Waals surface area (Å²) in [6.07, 6.45) is 2.16. The Kier molecular flexibility index (Phi) is 7.69. The van der Waals surface area contributed by atoms with Crippen molar-refractivity contribution in [3.8, 4) is 0 Å². The summed E-state index contributed by atoms with van der Waals surface area (Å²) < 4.78 is 7.34. The van der Waals surface area contributed by atoms with E-state index in [1.54, 1.807) is 0 Å². The molecule has 1 aromatic heterocycles. The van der Waals surface area contributed by atoms with Gasteiger partial charge >= 0.3 is 5.97 Å².